The fourth-order valence-electron chi connectivity index (χ4n) is 2.16. The van der Waals surface area contributed by atoms with Crippen LogP contribution in [0.4, 0.5) is 0 Å². The van der Waals surface area contributed by atoms with E-state index < -0.39 is 0 Å². The predicted molar refractivity (Wildman–Crippen MR) is 81.2 cm³/mol. The fraction of sp³-hybridized carbons (Fsp3) is 0.308. The molecule has 0 amide bonds. The summed E-state index contributed by atoms with van der Waals surface area (Å²) in [5, 5.41) is 10.1. The molecule has 1 unspecified atom stereocenters. The van der Waals surface area contributed by atoms with Gasteiger partial charge in [0.15, 0.2) is 5.70 Å². The van der Waals surface area contributed by atoms with Gasteiger partial charge in [-0.1, -0.05) is 30.1 Å². The minimum absolute atomic E-state index is 0.422. The van der Waals surface area contributed by atoms with Gasteiger partial charge < -0.3 is 0 Å². The van der Waals surface area contributed by atoms with E-state index in [1.807, 2.05) is 6.20 Å². The molecular formula is C13H14Cl2N3S+. The van der Waals surface area contributed by atoms with Crippen molar-refractivity contribution >= 4 is 41.0 Å². The van der Waals surface area contributed by atoms with Crippen LogP contribution in [-0.2, 0) is 0 Å². The van der Waals surface area contributed by atoms with Crippen LogP contribution in [0.25, 0.3) is 5.70 Å². The van der Waals surface area contributed by atoms with Gasteiger partial charge in [-0.05, 0) is 18.6 Å². The average molecular weight is 315 g/mol. The molecule has 3 nitrogen and oxygen atoms in total. The van der Waals surface area contributed by atoms with Crippen molar-refractivity contribution in [3.05, 3.63) is 39.5 Å². The molecule has 1 N–H and O–H groups in total. The van der Waals surface area contributed by atoms with Crippen LogP contribution < -0.4 is 4.72 Å². The number of hydrogen-bond acceptors (Lipinski definition) is 3. The minimum Gasteiger partial charge on any atom is -0.282 e. The van der Waals surface area contributed by atoms with E-state index in [1.165, 1.54) is 0 Å². The molecule has 1 heterocycles. The second kappa shape index (κ2) is 5.64. The molecule has 1 aromatic rings. The molecule has 1 aromatic carbocycles. The van der Waals surface area contributed by atoms with E-state index in [4.69, 9.17) is 28.5 Å². The van der Waals surface area contributed by atoms with Gasteiger partial charge in [-0.3, -0.25) is 4.72 Å². The lowest BCUT2D eigenvalue weighted by Gasteiger charge is -2.28. The van der Waals surface area contributed by atoms with Crippen molar-refractivity contribution in [2.24, 2.45) is 0 Å². The summed E-state index contributed by atoms with van der Waals surface area (Å²) in [5.41, 5.74) is 2.19. The first kappa shape index (κ1) is 14.5. The van der Waals surface area contributed by atoms with Crippen LogP contribution in [0.2, 0.25) is 10.0 Å². The van der Waals surface area contributed by atoms with Gasteiger partial charge in [0, 0.05) is 0 Å². The molecule has 6 heteroatoms. The zero-order valence-electron chi connectivity index (χ0n) is 10.7. The Balaban J connectivity index is 2.57. The molecule has 0 aromatic heterocycles. The van der Waals surface area contributed by atoms with Gasteiger partial charge in [0.2, 0.25) is 12.1 Å². The molecule has 0 saturated heterocycles. The summed E-state index contributed by atoms with van der Waals surface area (Å²) in [6.45, 7) is 3.09. The maximum atomic E-state index is 9.09. The van der Waals surface area contributed by atoms with Gasteiger partial charge in [0.25, 0.3) is 0 Å². The summed E-state index contributed by atoms with van der Waals surface area (Å²) in [7, 11) is 2.10. The van der Waals surface area contributed by atoms with Crippen molar-refractivity contribution in [2.45, 2.75) is 13.3 Å². The highest BCUT2D eigenvalue weighted by Crippen LogP contribution is 2.43. The molecule has 100 valence electrons. The molecule has 0 radical (unpaired) electrons. The molecule has 1 atom stereocenters. The molecule has 0 aliphatic carbocycles. The topological polar surface area (TPSA) is 35.8 Å². The predicted octanol–water partition coefficient (Wildman–Crippen LogP) is 4.19. The Hall–Kier alpha value is -0.860. The molecule has 0 saturated carbocycles. The summed E-state index contributed by atoms with van der Waals surface area (Å²) >= 11 is 14.2. The van der Waals surface area contributed by atoms with Gasteiger partial charge >= 0.3 is 0 Å². The van der Waals surface area contributed by atoms with Gasteiger partial charge in [-0.25, -0.2) is 3.89 Å². The van der Waals surface area contributed by atoms with Crippen LogP contribution in [0, 0.1) is 11.3 Å². The first-order valence-electron chi connectivity index (χ1n) is 5.92. The van der Waals surface area contributed by atoms with Crippen molar-refractivity contribution in [3.63, 3.8) is 0 Å². The summed E-state index contributed by atoms with van der Waals surface area (Å²) in [4.78, 5) is 0. The Morgan fingerprint density at radius 1 is 1.42 bits per heavy atom. The Bertz CT molecular complexity index is 580. The maximum absolute atomic E-state index is 9.09. The van der Waals surface area contributed by atoms with Gasteiger partial charge in [0.1, 0.15) is 6.07 Å². The van der Waals surface area contributed by atoms with E-state index in [1.54, 1.807) is 24.3 Å². The monoisotopic (exact) mass is 314 g/mol. The number of rotatable bonds is 3. The second-order valence-corrected chi connectivity index (χ2v) is 6.47. The van der Waals surface area contributed by atoms with Crippen molar-refractivity contribution in [3.8, 4) is 6.07 Å². The molecular weight excluding hydrogens is 301 g/mol. The van der Waals surface area contributed by atoms with E-state index in [9.17, 15) is 0 Å². The van der Waals surface area contributed by atoms with Crippen molar-refractivity contribution in [1.82, 2.24) is 4.72 Å². The maximum Gasteiger partial charge on any atom is 0.203 e. The average Bonchev–Trinajstić information content (AvgIpc) is 2.72. The summed E-state index contributed by atoms with van der Waals surface area (Å²) in [5.74, 6) is 0. The number of benzene rings is 1. The van der Waals surface area contributed by atoms with Gasteiger partial charge in [-0.2, -0.15) is 5.26 Å². The van der Waals surface area contributed by atoms with Gasteiger partial charge in [0.05, 0.1) is 41.0 Å². The molecule has 0 bridgehead atoms. The lowest BCUT2D eigenvalue weighted by molar-refractivity contribution is -0.692. The molecule has 0 fully saturated rings. The molecule has 19 heavy (non-hydrogen) atoms. The fourth-order valence-corrected chi connectivity index (χ4v) is 3.68. The first-order valence-corrected chi connectivity index (χ1v) is 7.45. The Morgan fingerprint density at radius 3 is 2.79 bits per heavy atom. The number of nitrogens with zero attached hydrogens (tertiary/aromatic N) is 2. The van der Waals surface area contributed by atoms with Gasteiger partial charge in [-0.15, -0.1) is 0 Å². The lowest BCUT2D eigenvalue weighted by Crippen LogP contribution is -2.33. The van der Waals surface area contributed by atoms with E-state index in [-0.39, 0.29) is 0 Å². The highest BCUT2D eigenvalue weighted by Gasteiger charge is 2.37. The standard InChI is InChI=1S/C13H14Cl2N3S/c1-3-6-18(2)11(8-17-19-18)12-10(14)5-4-9(7-16)13(12)15/h4-5,8,17H,3,6H2,1-2H3/q+1. The second-order valence-electron chi connectivity index (χ2n) is 4.46. The highest BCUT2D eigenvalue weighted by molar-refractivity contribution is 7.92. The summed E-state index contributed by atoms with van der Waals surface area (Å²) in [6, 6.07) is 5.46. The smallest absolute Gasteiger partial charge is 0.203 e. The van der Waals surface area contributed by atoms with Crippen LogP contribution >= 0.6 is 35.3 Å². The third-order valence-electron chi connectivity index (χ3n) is 3.08. The number of halogens is 2. The van der Waals surface area contributed by atoms with Crippen LogP contribution in [0.1, 0.15) is 24.5 Å². The number of nitriles is 1. The number of hydrogen-bond donors (Lipinski definition) is 1. The van der Waals surface area contributed by atoms with E-state index in [0.717, 1.165) is 24.2 Å². The van der Waals surface area contributed by atoms with Crippen molar-refractivity contribution in [2.75, 3.05) is 13.6 Å². The first-order chi connectivity index (χ1) is 9.03. The Kier molecular flexibility index (Phi) is 4.32. The van der Waals surface area contributed by atoms with Crippen LogP contribution in [0.3, 0.4) is 0 Å². The highest BCUT2D eigenvalue weighted by atomic mass is 35.5. The third kappa shape index (κ3) is 2.56. The molecule has 1 aliphatic rings. The summed E-state index contributed by atoms with van der Waals surface area (Å²) in [6.07, 6.45) is 2.95. The zero-order valence-corrected chi connectivity index (χ0v) is 13.0. The number of quaternary nitrogens is 1. The molecule has 1 aliphatic heterocycles. The van der Waals surface area contributed by atoms with E-state index in [0.29, 0.717) is 19.5 Å². The van der Waals surface area contributed by atoms with E-state index in [2.05, 4.69) is 24.8 Å². The van der Waals surface area contributed by atoms with Crippen LogP contribution in [0.15, 0.2) is 18.3 Å². The summed E-state index contributed by atoms with van der Waals surface area (Å²) < 4.78 is 3.81. The largest absolute Gasteiger partial charge is 0.282 e. The Morgan fingerprint density at radius 2 is 2.16 bits per heavy atom. The molecule has 0 spiro atoms. The van der Waals surface area contributed by atoms with Crippen LogP contribution in [-0.4, -0.2) is 17.5 Å². The van der Waals surface area contributed by atoms with Crippen molar-refractivity contribution < 1.29 is 3.89 Å². The normalized spacial score (nSPS) is 21.7. The van der Waals surface area contributed by atoms with Crippen molar-refractivity contribution in [1.29, 1.82) is 5.26 Å². The minimum atomic E-state index is 0.422. The quantitative estimate of drug-likeness (QED) is 0.671. The SMILES string of the molecule is CCC[N+]1(C)SNC=C1c1c(Cl)ccc(C#N)c1Cl. The lowest BCUT2D eigenvalue weighted by atomic mass is 10.1. The van der Waals surface area contributed by atoms with Crippen LogP contribution in [0.5, 0.6) is 0 Å². The number of nitrogens with one attached hydrogen (secondary N) is 1. The van der Waals surface area contributed by atoms with E-state index >= 15 is 0 Å². The third-order valence-corrected chi connectivity index (χ3v) is 4.79. The molecule has 2 rings (SSSR count). The zero-order chi connectivity index (χ0) is 14.0. The Labute approximate surface area is 127 Å².